The van der Waals surface area contributed by atoms with Crippen LogP contribution >= 0.6 is 0 Å². The van der Waals surface area contributed by atoms with Crippen LogP contribution in [0.3, 0.4) is 0 Å². The zero-order valence-electron chi connectivity index (χ0n) is 17.2. The van der Waals surface area contributed by atoms with E-state index in [4.69, 9.17) is 14.0 Å². The first-order valence-corrected chi connectivity index (χ1v) is 10.4. The van der Waals surface area contributed by atoms with Gasteiger partial charge in [-0.25, -0.2) is 0 Å². The molecule has 2 aromatic heterocycles. The molecule has 0 radical (unpaired) electrons. The highest BCUT2D eigenvalue weighted by Crippen LogP contribution is 2.32. The van der Waals surface area contributed by atoms with Gasteiger partial charge < -0.3 is 18.9 Å². The van der Waals surface area contributed by atoms with Crippen LogP contribution < -0.4 is 0 Å². The predicted molar refractivity (Wildman–Crippen MR) is 103 cm³/mol. The normalized spacial score (nSPS) is 20.5. The maximum atomic E-state index is 12.9. The Labute approximate surface area is 170 Å². The number of carbonyl (C=O) groups is 1. The molecule has 4 heterocycles. The average Bonchev–Trinajstić information content (AvgIpc) is 3.46. The maximum Gasteiger partial charge on any atom is 0.275 e. The van der Waals surface area contributed by atoms with Gasteiger partial charge >= 0.3 is 0 Å². The fourth-order valence-electron chi connectivity index (χ4n) is 3.91. The maximum absolute atomic E-state index is 12.9. The minimum Gasteiger partial charge on any atom is -0.381 e. The Morgan fingerprint density at radius 2 is 2.14 bits per heavy atom. The van der Waals surface area contributed by atoms with E-state index in [1.807, 2.05) is 20.0 Å². The van der Waals surface area contributed by atoms with Crippen molar-refractivity contribution in [2.45, 2.75) is 45.1 Å². The lowest BCUT2D eigenvalue weighted by atomic mass is 10.0. The standard InChI is InChI=1S/C20H29N5O4/c1-14-12-16(22-24(14)2)20(26)25-8-3-4-17(25)19-21-18(23-29-19)7-11-28-13-15-5-9-27-10-6-15/h12,15,17H,3-11,13H2,1-2H3. The van der Waals surface area contributed by atoms with E-state index in [1.165, 1.54) is 0 Å². The Balaban J connectivity index is 1.31. The number of likely N-dealkylation sites (tertiary alicyclic amines) is 1. The summed E-state index contributed by atoms with van der Waals surface area (Å²) in [5.41, 5.74) is 1.41. The molecule has 158 valence electrons. The first-order valence-electron chi connectivity index (χ1n) is 10.4. The first kappa shape index (κ1) is 20.0. The van der Waals surface area contributed by atoms with E-state index in [0.717, 1.165) is 51.2 Å². The molecule has 0 aromatic carbocycles. The molecule has 0 aliphatic carbocycles. The molecule has 1 unspecified atom stereocenters. The highest BCUT2D eigenvalue weighted by Gasteiger charge is 2.35. The average molecular weight is 403 g/mol. The fourth-order valence-corrected chi connectivity index (χ4v) is 3.91. The summed E-state index contributed by atoms with van der Waals surface area (Å²) >= 11 is 0. The lowest BCUT2D eigenvalue weighted by molar-refractivity contribution is 0.0211. The summed E-state index contributed by atoms with van der Waals surface area (Å²) < 4.78 is 18.4. The number of hydrogen-bond donors (Lipinski definition) is 0. The number of nitrogens with zero attached hydrogens (tertiary/aromatic N) is 5. The van der Waals surface area contributed by atoms with Crippen LogP contribution in [0.15, 0.2) is 10.6 Å². The second-order valence-corrected chi connectivity index (χ2v) is 7.88. The summed E-state index contributed by atoms with van der Waals surface area (Å²) in [7, 11) is 1.84. The molecule has 4 rings (SSSR count). The van der Waals surface area contributed by atoms with Crippen LogP contribution in [0.25, 0.3) is 0 Å². The van der Waals surface area contributed by atoms with Gasteiger partial charge in [-0.05, 0) is 44.6 Å². The Morgan fingerprint density at radius 1 is 1.31 bits per heavy atom. The second-order valence-electron chi connectivity index (χ2n) is 7.88. The highest BCUT2D eigenvalue weighted by molar-refractivity contribution is 5.92. The van der Waals surface area contributed by atoms with Gasteiger partial charge in [-0.2, -0.15) is 10.1 Å². The topological polar surface area (TPSA) is 95.5 Å². The minimum atomic E-state index is -0.186. The van der Waals surface area contributed by atoms with Crippen molar-refractivity contribution < 1.29 is 18.8 Å². The summed E-state index contributed by atoms with van der Waals surface area (Å²) in [4.78, 5) is 19.2. The van der Waals surface area contributed by atoms with E-state index in [-0.39, 0.29) is 11.9 Å². The number of carbonyl (C=O) groups excluding carboxylic acids is 1. The number of hydrogen-bond acceptors (Lipinski definition) is 7. The Bertz CT molecular complexity index is 807. The third-order valence-electron chi connectivity index (χ3n) is 5.78. The van der Waals surface area contributed by atoms with Gasteiger partial charge in [-0.15, -0.1) is 0 Å². The van der Waals surface area contributed by atoms with Crippen molar-refractivity contribution in [3.05, 3.63) is 29.2 Å². The van der Waals surface area contributed by atoms with Crippen LogP contribution in [-0.2, 0) is 22.9 Å². The van der Waals surface area contributed by atoms with Crippen molar-refractivity contribution in [2.24, 2.45) is 13.0 Å². The van der Waals surface area contributed by atoms with Crippen molar-refractivity contribution in [1.29, 1.82) is 0 Å². The molecule has 2 aromatic rings. The van der Waals surface area contributed by atoms with E-state index in [9.17, 15) is 4.79 Å². The van der Waals surface area contributed by atoms with Crippen molar-refractivity contribution >= 4 is 5.91 Å². The van der Waals surface area contributed by atoms with Gasteiger partial charge in [0.15, 0.2) is 11.5 Å². The van der Waals surface area contributed by atoms with Gasteiger partial charge in [0, 0.05) is 45.5 Å². The lowest BCUT2D eigenvalue weighted by Crippen LogP contribution is -2.31. The summed E-state index contributed by atoms with van der Waals surface area (Å²) in [5, 5.41) is 8.40. The second kappa shape index (κ2) is 9.04. The number of aryl methyl sites for hydroxylation is 2. The summed E-state index contributed by atoms with van der Waals surface area (Å²) in [5.74, 6) is 1.62. The molecule has 0 N–H and O–H groups in total. The van der Waals surface area contributed by atoms with Crippen molar-refractivity contribution in [3.8, 4) is 0 Å². The van der Waals surface area contributed by atoms with Crippen molar-refractivity contribution in [1.82, 2.24) is 24.8 Å². The van der Waals surface area contributed by atoms with E-state index in [2.05, 4.69) is 15.2 Å². The molecule has 0 saturated carbocycles. The first-order chi connectivity index (χ1) is 14.1. The molecule has 2 fully saturated rings. The Hall–Kier alpha value is -2.26. The molecule has 29 heavy (non-hydrogen) atoms. The fraction of sp³-hybridized carbons (Fsp3) is 0.700. The van der Waals surface area contributed by atoms with Crippen LogP contribution in [0.5, 0.6) is 0 Å². The highest BCUT2D eigenvalue weighted by atomic mass is 16.5. The van der Waals surface area contributed by atoms with Crippen molar-refractivity contribution in [3.63, 3.8) is 0 Å². The van der Waals surface area contributed by atoms with Gasteiger partial charge in [0.05, 0.1) is 6.61 Å². The van der Waals surface area contributed by atoms with Crippen LogP contribution in [0, 0.1) is 12.8 Å². The van der Waals surface area contributed by atoms with Gasteiger partial charge in [0.1, 0.15) is 6.04 Å². The van der Waals surface area contributed by atoms with Gasteiger partial charge in [0.25, 0.3) is 5.91 Å². The molecule has 1 amide bonds. The quantitative estimate of drug-likeness (QED) is 0.653. The molecule has 9 nitrogen and oxygen atoms in total. The SMILES string of the molecule is Cc1cc(C(=O)N2CCCC2c2nc(CCOCC3CCOCC3)no2)nn1C. The monoisotopic (exact) mass is 403 g/mol. The Kier molecular flexibility index (Phi) is 6.25. The third-order valence-corrected chi connectivity index (χ3v) is 5.78. The lowest BCUT2D eigenvalue weighted by Gasteiger charge is -2.21. The van der Waals surface area contributed by atoms with Gasteiger partial charge in [0.2, 0.25) is 5.89 Å². The zero-order valence-corrected chi connectivity index (χ0v) is 17.2. The summed E-state index contributed by atoms with van der Waals surface area (Å²) in [6, 6.07) is 1.63. The molecular formula is C20H29N5O4. The number of aromatic nitrogens is 4. The molecule has 2 saturated heterocycles. The third kappa shape index (κ3) is 4.67. The minimum absolute atomic E-state index is 0.0873. The van der Waals surface area contributed by atoms with Gasteiger partial charge in [-0.1, -0.05) is 5.16 Å². The Morgan fingerprint density at radius 3 is 2.90 bits per heavy atom. The molecule has 2 aliphatic rings. The molecule has 0 bridgehead atoms. The largest absolute Gasteiger partial charge is 0.381 e. The van der Waals surface area contributed by atoms with Gasteiger partial charge in [-0.3, -0.25) is 9.48 Å². The summed E-state index contributed by atoms with van der Waals surface area (Å²) in [6.07, 6.45) is 4.46. The number of amides is 1. The molecule has 9 heteroatoms. The van der Waals surface area contributed by atoms with E-state index in [0.29, 0.717) is 42.9 Å². The smallest absolute Gasteiger partial charge is 0.275 e. The molecule has 1 atom stereocenters. The van der Waals surface area contributed by atoms with E-state index >= 15 is 0 Å². The van der Waals surface area contributed by atoms with Crippen LogP contribution in [0.2, 0.25) is 0 Å². The van der Waals surface area contributed by atoms with Crippen LogP contribution in [0.4, 0.5) is 0 Å². The van der Waals surface area contributed by atoms with E-state index < -0.39 is 0 Å². The zero-order chi connectivity index (χ0) is 20.2. The molecule has 2 aliphatic heterocycles. The van der Waals surface area contributed by atoms with Crippen LogP contribution in [0.1, 0.15) is 59.6 Å². The predicted octanol–water partition coefficient (Wildman–Crippen LogP) is 2.07. The van der Waals surface area contributed by atoms with Crippen molar-refractivity contribution in [2.75, 3.05) is 33.0 Å². The van der Waals surface area contributed by atoms with Crippen LogP contribution in [-0.4, -0.2) is 63.7 Å². The number of ether oxygens (including phenoxy) is 2. The summed E-state index contributed by atoms with van der Waals surface area (Å²) in [6.45, 7) is 5.58. The molecule has 0 spiro atoms. The number of rotatable bonds is 7. The van der Waals surface area contributed by atoms with E-state index in [1.54, 1.807) is 9.58 Å². The molecular weight excluding hydrogens is 374 g/mol.